The number of hydrogen-bond acceptors (Lipinski definition) is 2. The van der Waals surface area contributed by atoms with E-state index in [0.717, 1.165) is 17.8 Å². The van der Waals surface area contributed by atoms with Crippen LogP contribution in [0.2, 0.25) is 0 Å². The molecule has 0 radical (unpaired) electrons. The molecular formula is C22H21N3. The summed E-state index contributed by atoms with van der Waals surface area (Å²) in [5.41, 5.74) is 4.74. The number of anilines is 1. The quantitative estimate of drug-likeness (QED) is 0.369. The Kier molecular flexibility index (Phi) is 3.98. The van der Waals surface area contributed by atoms with Crippen LogP contribution in [0.4, 0.5) is 5.69 Å². The Labute approximate surface area is 147 Å². The summed E-state index contributed by atoms with van der Waals surface area (Å²) in [6.07, 6.45) is 1.92. The zero-order chi connectivity index (χ0) is 17.2. The molecule has 3 nitrogen and oxygen atoms in total. The van der Waals surface area contributed by atoms with E-state index in [2.05, 4.69) is 71.2 Å². The number of rotatable bonds is 4. The van der Waals surface area contributed by atoms with Crippen LogP contribution >= 0.6 is 0 Å². The van der Waals surface area contributed by atoms with Crippen LogP contribution in [0.3, 0.4) is 0 Å². The number of benzene rings is 3. The first-order valence-electron chi connectivity index (χ1n) is 8.61. The molecule has 0 aliphatic heterocycles. The second-order valence-electron chi connectivity index (χ2n) is 6.14. The third kappa shape index (κ3) is 2.78. The van der Waals surface area contributed by atoms with Crippen LogP contribution in [0, 0.1) is 0 Å². The Hall–Kier alpha value is -3.07. The summed E-state index contributed by atoms with van der Waals surface area (Å²) in [4.78, 5) is 0. The lowest BCUT2D eigenvalue weighted by Gasteiger charge is -2.12. The van der Waals surface area contributed by atoms with Gasteiger partial charge in [0, 0.05) is 35.4 Å². The molecule has 124 valence electrons. The number of fused-ring (bicyclic) bond motifs is 3. The van der Waals surface area contributed by atoms with Crippen molar-refractivity contribution in [3.05, 3.63) is 78.4 Å². The molecule has 3 aromatic carbocycles. The topological polar surface area (TPSA) is 20.5 Å². The van der Waals surface area contributed by atoms with Gasteiger partial charge in [0.05, 0.1) is 11.9 Å². The SMILES string of the molecule is CCn1c2ccccc2c2cc(C=NN(C)c3ccccc3)ccc21. The van der Waals surface area contributed by atoms with E-state index in [9.17, 15) is 0 Å². The van der Waals surface area contributed by atoms with Gasteiger partial charge in [-0.2, -0.15) is 5.10 Å². The van der Waals surface area contributed by atoms with Crippen LogP contribution < -0.4 is 5.01 Å². The van der Waals surface area contributed by atoms with Crippen LogP contribution in [0.25, 0.3) is 21.8 Å². The summed E-state index contributed by atoms with van der Waals surface area (Å²) in [6.45, 7) is 3.16. The number of hydrazone groups is 1. The fourth-order valence-electron chi connectivity index (χ4n) is 3.36. The predicted molar refractivity (Wildman–Crippen MR) is 108 cm³/mol. The Morgan fingerprint density at radius 1 is 0.880 bits per heavy atom. The normalized spacial score (nSPS) is 11.6. The van der Waals surface area contributed by atoms with E-state index in [0.29, 0.717) is 0 Å². The molecule has 4 aromatic rings. The zero-order valence-electron chi connectivity index (χ0n) is 14.6. The molecule has 3 heteroatoms. The highest BCUT2D eigenvalue weighted by atomic mass is 15.4. The van der Waals surface area contributed by atoms with E-state index in [4.69, 9.17) is 0 Å². The average molecular weight is 327 g/mol. The Bertz CT molecular complexity index is 1040. The summed E-state index contributed by atoms with van der Waals surface area (Å²) in [5.74, 6) is 0. The van der Waals surface area contributed by atoms with Gasteiger partial charge in [-0.15, -0.1) is 0 Å². The van der Waals surface area contributed by atoms with Crippen molar-refractivity contribution in [3.63, 3.8) is 0 Å². The smallest absolute Gasteiger partial charge is 0.0590 e. The molecule has 0 spiro atoms. The van der Waals surface area contributed by atoms with Crippen molar-refractivity contribution >= 4 is 33.7 Å². The summed E-state index contributed by atoms with van der Waals surface area (Å²) < 4.78 is 2.36. The highest BCUT2D eigenvalue weighted by molar-refractivity contribution is 6.09. The van der Waals surface area contributed by atoms with E-state index in [1.54, 1.807) is 0 Å². The zero-order valence-corrected chi connectivity index (χ0v) is 14.6. The molecule has 0 atom stereocenters. The minimum absolute atomic E-state index is 0.966. The lowest BCUT2D eigenvalue weighted by atomic mass is 10.1. The van der Waals surface area contributed by atoms with E-state index in [1.165, 1.54) is 21.8 Å². The molecule has 0 saturated heterocycles. The standard InChI is InChI=1S/C22H21N3/c1-3-25-21-12-8-7-11-19(21)20-15-17(13-14-22(20)25)16-23-24(2)18-9-5-4-6-10-18/h4-16H,3H2,1-2H3. The fraction of sp³-hybridized carbons (Fsp3) is 0.136. The fourth-order valence-corrected chi connectivity index (χ4v) is 3.36. The highest BCUT2D eigenvalue weighted by Gasteiger charge is 2.09. The van der Waals surface area contributed by atoms with Crippen LogP contribution in [-0.4, -0.2) is 17.8 Å². The Morgan fingerprint density at radius 2 is 1.60 bits per heavy atom. The highest BCUT2D eigenvalue weighted by Crippen LogP contribution is 2.29. The number of para-hydroxylation sites is 2. The first kappa shape index (κ1) is 15.5. The van der Waals surface area contributed by atoms with Gasteiger partial charge in [0.2, 0.25) is 0 Å². The van der Waals surface area contributed by atoms with Crippen molar-refractivity contribution in [3.8, 4) is 0 Å². The molecule has 25 heavy (non-hydrogen) atoms. The summed E-state index contributed by atoms with van der Waals surface area (Å²) in [5, 5.41) is 9.05. The van der Waals surface area contributed by atoms with E-state index in [-0.39, 0.29) is 0 Å². The molecule has 0 fully saturated rings. The van der Waals surface area contributed by atoms with E-state index in [1.807, 2.05) is 36.5 Å². The lowest BCUT2D eigenvalue weighted by molar-refractivity contribution is 0.827. The molecule has 0 bridgehead atoms. The molecule has 0 N–H and O–H groups in total. The first-order chi connectivity index (χ1) is 12.3. The number of nitrogens with zero attached hydrogens (tertiary/aromatic N) is 3. The van der Waals surface area contributed by atoms with Gasteiger partial charge in [-0.1, -0.05) is 42.5 Å². The van der Waals surface area contributed by atoms with Crippen molar-refractivity contribution in [2.24, 2.45) is 5.10 Å². The first-order valence-corrected chi connectivity index (χ1v) is 8.61. The van der Waals surface area contributed by atoms with Crippen molar-refractivity contribution in [2.75, 3.05) is 12.1 Å². The molecule has 0 aliphatic rings. The molecular weight excluding hydrogens is 306 g/mol. The number of aryl methyl sites for hydroxylation is 1. The monoisotopic (exact) mass is 327 g/mol. The van der Waals surface area contributed by atoms with Gasteiger partial charge in [0.25, 0.3) is 0 Å². The maximum absolute atomic E-state index is 4.58. The van der Waals surface area contributed by atoms with Gasteiger partial charge in [-0.05, 0) is 42.8 Å². The van der Waals surface area contributed by atoms with Gasteiger partial charge in [0.1, 0.15) is 0 Å². The molecule has 0 unspecified atom stereocenters. The average Bonchev–Trinajstić information content (AvgIpc) is 3.00. The van der Waals surface area contributed by atoms with Crippen LogP contribution in [-0.2, 0) is 6.54 Å². The number of hydrogen-bond donors (Lipinski definition) is 0. The predicted octanol–water partition coefficient (Wildman–Crippen LogP) is 5.28. The molecule has 4 rings (SSSR count). The molecule has 1 aromatic heterocycles. The minimum Gasteiger partial charge on any atom is -0.341 e. The summed E-state index contributed by atoms with van der Waals surface area (Å²) in [6, 6.07) is 25.3. The van der Waals surface area contributed by atoms with Gasteiger partial charge >= 0.3 is 0 Å². The van der Waals surface area contributed by atoms with Crippen LogP contribution in [0.1, 0.15) is 12.5 Å². The maximum Gasteiger partial charge on any atom is 0.0590 e. The molecule has 0 amide bonds. The number of aromatic nitrogens is 1. The van der Waals surface area contributed by atoms with E-state index >= 15 is 0 Å². The van der Waals surface area contributed by atoms with Crippen molar-refractivity contribution in [2.45, 2.75) is 13.5 Å². The molecule has 1 heterocycles. The van der Waals surface area contributed by atoms with Crippen LogP contribution in [0.5, 0.6) is 0 Å². The van der Waals surface area contributed by atoms with Gasteiger partial charge < -0.3 is 4.57 Å². The van der Waals surface area contributed by atoms with Crippen molar-refractivity contribution < 1.29 is 0 Å². The molecule has 0 aliphatic carbocycles. The molecule has 0 saturated carbocycles. The lowest BCUT2D eigenvalue weighted by Crippen LogP contribution is -2.08. The third-order valence-electron chi connectivity index (χ3n) is 4.62. The largest absolute Gasteiger partial charge is 0.341 e. The summed E-state index contributed by atoms with van der Waals surface area (Å²) >= 11 is 0. The second-order valence-corrected chi connectivity index (χ2v) is 6.14. The van der Waals surface area contributed by atoms with Crippen molar-refractivity contribution in [1.29, 1.82) is 0 Å². The Morgan fingerprint density at radius 3 is 2.40 bits per heavy atom. The minimum atomic E-state index is 0.966. The van der Waals surface area contributed by atoms with Crippen molar-refractivity contribution in [1.82, 2.24) is 4.57 Å². The maximum atomic E-state index is 4.58. The van der Waals surface area contributed by atoms with E-state index < -0.39 is 0 Å². The van der Waals surface area contributed by atoms with Gasteiger partial charge in [0.15, 0.2) is 0 Å². The summed E-state index contributed by atoms with van der Waals surface area (Å²) in [7, 11) is 1.97. The third-order valence-corrected chi connectivity index (χ3v) is 4.62. The van der Waals surface area contributed by atoms with Gasteiger partial charge in [-0.3, -0.25) is 5.01 Å². The van der Waals surface area contributed by atoms with Crippen LogP contribution in [0.15, 0.2) is 77.9 Å². The Balaban J connectivity index is 1.74. The second kappa shape index (κ2) is 6.44. The van der Waals surface area contributed by atoms with Gasteiger partial charge in [-0.25, -0.2) is 0 Å².